The van der Waals surface area contributed by atoms with Crippen LogP contribution in [-0.4, -0.2) is 82.6 Å². The predicted molar refractivity (Wildman–Crippen MR) is 184 cm³/mol. The maximum Gasteiger partial charge on any atom is 0.407 e. The van der Waals surface area contributed by atoms with Gasteiger partial charge in [-0.1, -0.05) is 37.8 Å². The van der Waals surface area contributed by atoms with E-state index in [0.29, 0.717) is 19.6 Å². The van der Waals surface area contributed by atoms with Gasteiger partial charge in [0.05, 0.1) is 42.6 Å². The average molecular weight is 653 g/mol. The average Bonchev–Trinajstić information content (AvgIpc) is 3.85. The van der Waals surface area contributed by atoms with Gasteiger partial charge < -0.3 is 35.6 Å². The molecule has 2 aromatic heterocycles. The molecular formula is C36H44N8O4. The van der Waals surface area contributed by atoms with Gasteiger partial charge in [0, 0.05) is 30.6 Å². The van der Waals surface area contributed by atoms with Crippen LogP contribution in [0.2, 0.25) is 0 Å². The zero-order valence-corrected chi connectivity index (χ0v) is 28.0. The monoisotopic (exact) mass is 652 g/mol. The summed E-state index contributed by atoms with van der Waals surface area (Å²) in [5.41, 5.74) is 5.39. The number of amides is 3. The van der Waals surface area contributed by atoms with Crippen molar-refractivity contribution in [3.63, 3.8) is 0 Å². The molecule has 3 heterocycles. The molecule has 0 aliphatic carbocycles. The molecule has 3 amide bonds. The van der Waals surface area contributed by atoms with Gasteiger partial charge >= 0.3 is 6.09 Å². The number of rotatable bonds is 12. The van der Waals surface area contributed by atoms with Crippen molar-refractivity contribution in [2.45, 2.75) is 58.0 Å². The van der Waals surface area contributed by atoms with Gasteiger partial charge in [-0.2, -0.15) is 0 Å². The maximum absolute atomic E-state index is 13.5. The molecule has 5 rings (SSSR count). The van der Waals surface area contributed by atoms with Crippen molar-refractivity contribution in [1.29, 1.82) is 0 Å². The molecule has 1 fully saturated rings. The Morgan fingerprint density at radius 2 is 1.83 bits per heavy atom. The molecule has 252 valence electrons. The summed E-state index contributed by atoms with van der Waals surface area (Å²) >= 11 is 0. The Balaban J connectivity index is 1.19. The summed E-state index contributed by atoms with van der Waals surface area (Å²) in [6, 6.07) is 13.0. The van der Waals surface area contributed by atoms with Crippen LogP contribution in [0.15, 0.2) is 48.7 Å². The Morgan fingerprint density at radius 3 is 2.58 bits per heavy atom. The Hall–Kier alpha value is -5.15. The minimum atomic E-state index is -0.679. The van der Waals surface area contributed by atoms with Crippen LogP contribution in [0, 0.1) is 17.8 Å². The Kier molecular flexibility index (Phi) is 11.5. The number of imidazole rings is 2. The standard InChI is InChI=1S/C36H44N8O4/c1-23(2)33(43-36(47)48-4)35(46)44-19-7-8-30(44)34-41-27-17-14-25(20-28(27)42-34)11-10-24-12-15-26(16-13-24)29-21-39-31(40-29)9-5-6-18-38-32(45)22-37-3/h12-17,20-21,23,30,33,37H,5-9,18-19,22H2,1-4H3,(H,38,45)(H,39,40)(H,41,42)(H,43,47). The molecule has 12 nitrogen and oxygen atoms in total. The first kappa shape index (κ1) is 34.2. The number of likely N-dealkylation sites (N-methyl/N-ethyl adjacent to an activating group) is 1. The van der Waals surface area contributed by atoms with Gasteiger partial charge in [0.2, 0.25) is 11.8 Å². The van der Waals surface area contributed by atoms with Crippen LogP contribution in [0.3, 0.4) is 0 Å². The van der Waals surface area contributed by atoms with E-state index in [4.69, 9.17) is 9.72 Å². The molecule has 0 saturated carbocycles. The third-order valence-electron chi connectivity index (χ3n) is 8.42. The number of aromatic amines is 2. The van der Waals surface area contributed by atoms with Crippen molar-refractivity contribution < 1.29 is 19.1 Å². The van der Waals surface area contributed by atoms with Crippen molar-refractivity contribution in [2.75, 3.05) is 33.8 Å². The number of unbranched alkanes of at least 4 members (excludes halogenated alkanes) is 1. The summed E-state index contributed by atoms with van der Waals surface area (Å²) in [5, 5.41) is 8.42. The zero-order chi connectivity index (χ0) is 34.0. The van der Waals surface area contributed by atoms with Crippen LogP contribution >= 0.6 is 0 Å². The molecule has 2 aromatic carbocycles. The first-order chi connectivity index (χ1) is 23.2. The molecule has 1 saturated heterocycles. The third kappa shape index (κ3) is 8.60. The molecule has 0 bridgehead atoms. The van der Waals surface area contributed by atoms with Crippen molar-refractivity contribution in [2.24, 2.45) is 5.92 Å². The number of H-pyrrole nitrogens is 2. The first-order valence-corrected chi connectivity index (χ1v) is 16.5. The highest BCUT2D eigenvalue weighted by atomic mass is 16.5. The fourth-order valence-corrected chi connectivity index (χ4v) is 5.84. The summed E-state index contributed by atoms with van der Waals surface area (Å²) in [5.74, 6) is 7.94. The minimum absolute atomic E-state index is 0.00875. The molecule has 4 aromatic rings. The van der Waals surface area contributed by atoms with Crippen LogP contribution in [0.5, 0.6) is 0 Å². The van der Waals surface area contributed by atoms with E-state index in [1.807, 2.05) is 67.4 Å². The fraction of sp³-hybridized carbons (Fsp3) is 0.417. The second kappa shape index (κ2) is 16.1. The number of benzene rings is 2. The molecule has 0 radical (unpaired) electrons. The third-order valence-corrected chi connectivity index (χ3v) is 8.42. The number of carbonyl (C=O) groups excluding carboxylic acids is 3. The number of aromatic nitrogens is 4. The molecule has 5 N–H and O–H groups in total. The van der Waals surface area contributed by atoms with Crippen molar-refractivity contribution >= 4 is 28.9 Å². The van der Waals surface area contributed by atoms with E-state index >= 15 is 0 Å². The van der Waals surface area contributed by atoms with E-state index in [1.54, 1.807) is 7.05 Å². The van der Waals surface area contributed by atoms with Crippen molar-refractivity contribution in [3.8, 4) is 23.1 Å². The minimum Gasteiger partial charge on any atom is -0.453 e. The van der Waals surface area contributed by atoms with Gasteiger partial charge in [-0.05, 0) is 74.5 Å². The smallest absolute Gasteiger partial charge is 0.407 e. The summed E-state index contributed by atoms with van der Waals surface area (Å²) in [6.45, 7) is 5.40. The quantitative estimate of drug-likeness (QED) is 0.114. The van der Waals surface area contributed by atoms with Crippen molar-refractivity contribution in [3.05, 3.63) is 71.4 Å². The number of likely N-dealkylation sites (tertiary alicyclic amines) is 1. The number of aryl methyl sites for hydroxylation is 1. The van der Waals surface area contributed by atoms with E-state index in [-0.39, 0.29) is 23.8 Å². The van der Waals surface area contributed by atoms with Gasteiger partial charge in [0.15, 0.2) is 0 Å². The number of ether oxygens (including phenoxy) is 1. The highest BCUT2D eigenvalue weighted by Gasteiger charge is 2.37. The van der Waals surface area contributed by atoms with E-state index in [9.17, 15) is 14.4 Å². The fourth-order valence-electron chi connectivity index (χ4n) is 5.84. The van der Waals surface area contributed by atoms with E-state index in [0.717, 1.165) is 77.2 Å². The van der Waals surface area contributed by atoms with Gasteiger partial charge in [-0.15, -0.1) is 0 Å². The van der Waals surface area contributed by atoms with E-state index in [1.165, 1.54) is 7.11 Å². The van der Waals surface area contributed by atoms with Gasteiger partial charge in [-0.25, -0.2) is 14.8 Å². The number of fused-ring (bicyclic) bond motifs is 1. The lowest BCUT2D eigenvalue weighted by Crippen LogP contribution is -2.51. The number of hydrogen-bond acceptors (Lipinski definition) is 7. The lowest BCUT2D eigenvalue weighted by molar-refractivity contribution is -0.135. The molecule has 0 spiro atoms. The van der Waals surface area contributed by atoms with Crippen molar-refractivity contribution in [1.82, 2.24) is 40.8 Å². The summed E-state index contributed by atoms with van der Waals surface area (Å²) in [4.78, 5) is 54.9. The number of hydrogen-bond donors (Lipinski definition) is 5. The van der Waals surface area contributed by atoms with Gasteiger partial charge in [-0.3, -0.25) is 9.59 Å². The maximum atomic E-state index is 13.5. The van der Waals surface area contributed by atoms with E-state index in [2.05, 4.69) is 42.7 Å². The lowest BCUT2D eigenvalue weighted by atomic mass is 10.0. The van der Waals surface area contributed by atoms with Crippen LogP contribution in [0.4, 0.5) is 4.79 Å². The molecule has 12 heteroatoms. The first-order valence-electron chi connectivity index (χ1n) is 16.5. The second-order valence-corrected chi connectivity index (χ2v) is 12.3. The number of nitrogens with one attached hydrogen (secondary N) is 5. The molecule has 48 heavy (non-hydrogen) atoms. The van der Waals surface area contributed by atoms with Crippen LogP contribution in [0.1, 0.15) is 68.3 Å². The molecule has 2 unspecified atom stereocenters. The van der Waals surface area contributed by atoms with Crippen LogP contribution < -0.4 is 16.0 Å². The Morgan fingerprint density at radius 1 is 1.06 bits per heavy atom. The molecule has 1 aliphatic rings. The molecule has 1 aliphatic heterocycles. The normalized spacial score (nSPS) is 14.9. The second-order valence-electron chi connectivity index (χ2n) is 12.3. The van der Waals surface area contributed by atoms with Gasteiger partial charge in [0.1, 0.15) is 17.7 Å². The number of carbonyl (C=O) groups is 3. The molecule has 2 atom stereocenters. The topological polar surface area (TPSA) is 157 Å². The van der Waals surface area contributed by atoms with Crippen LogP contribution in [0.25, 0.3) is 22.3 Å². The number of nitrogens with zero attached hydrogens (tertiary/aromatic N) is 3. The van der Waals surface area contributed by atoms with Crippen LogP contribution in [-0.2, 0) is 20.7 Å². The highest BCUT2D eigenvalue weighted by molar-refractivity contribution is 5.86. The summed E-state index contributed by atoms with van der Waals surface area (Å²) in [7, 11) is 3.04. The highest BCUT2D eigenvalue weighted by Crippen LogP contribution is 2.32. The van der Waals surface area contributed by atoms with E-state index < -0.39 is 12.1 Å². The predicted octanol–water partition coefficient (Wildman–Crippen LogP) is 4.06. The number of methoxy groups -OCH3 is 1. The molecular weight excluding hydrogens is 608 g/mol. The largest absolute Gasteiger partial charge is 0.453 e. The Bertz CT molecular complexity index is 1780. The lowest BCUT2D eigenvalue weighted by Gasteiger charge is -2.29. The zero-order valence-electron chi connectivity index (χ0n) is 28.0. The summed E-state index contributed by atoms with van der Waals surface area (Å²) in [6.07, 6.45) is 5.51. The summed E-state index contributed by atoms with van der Waals surface area (Å²) < 4.78 is 4.74. The van der Waals surface area contributed by atoms with Gasteiger partial charge in [0.25, 0.3) is 0 Å². The number of alkyl carbamates (subject to hydrolysis) is 1. The SMILES string of the molecule is CNCC(=O)NCCCCc1ncc(-c2ccc(C#Cc3ccc4nc(C5CCCN5C(=O)C(NC(=O)OC)C(C)C)[nH]c4c3)cc2)[nH]1. The Labute approximate surface area is 280 Å².